The Morgan fingerprint density at radius 2 is 1.96 bits per heavy atom. The number of carbonyl (C=O) groups excluding carboxylic acids is 2. The maximum atomic E-state index is 12.0. The number of methoxy groups -OCH3 is 1. The van der Waals surface area contributed by atoms with Crippen molar-refractivity contribution in [1.82, 2.24) is 0 Å². The Labute approximate surface area is 138 Å². The highest BCUT2D eigenvalue weighted by molar-refractivity contribution is 5.95. The standard InChI is InChI=1S/C17H15NO6/c1-21-17(20)11-3-2-4-12(7-11)18-16(19)9-22-13-5-6-14-15(8-13)24-10-23-14/h2-8H,9-10H2,1H3,(H,18,19). The molecule has 0 aromatic heterocycles. The number of amides is 1. The summed E-state index contributed by atoms with van der Waals surface area (Å²) < 4.78 is 20.5. The third kappa shape index (κ3) is 3.57. The third-order valence-corrected chi connectivity index (χ3v) is 3.28. The smallest absolute Gasteiger partial charge is 0.337 e. The first-order valence-electron chi connectivity index (χ1n) is 7.16. The average Bonchev–Trinajstić information content (AvgIpc) is 3.07. The molecule has 1 heterocycles. The zero-order valence-corrected chi connectivity index (χ0v) is 12.9. The van der Waals surface area contributed by atoms with Gasteiger partial charge in [0.25, 0.3) is 5.91 Å². The predicted octanol–water partition coefficient (Wildman–Crippen LogP) is 2.22. The highest BCUT2D eigenvalue weighted by Crippen LogP contribution is 2.35. The van der Waals surface area contributed by atoms with E-state index in [4.69, 9.17) is 14.2 Å². The number of nitrogens with one attached hydrogen (secondary N) is 1. The summed E-state index contributed by atoms with van der Waals surface area (Å²) in [7, 11) is 1.30. The molecule has 0 atom stereocenters. The van der Waals surface area contributed by atoms with Gasteiger partial charge in [-0.05, 0) is 30.3 Å². The lowest BCUT2D eigenvalue weighted by atomic mass is 10.2. The normalized spacial score (nSPS) is 11.7. The largest absolute Gasteiger partial charge is 0.484 e. The molecule has 0 spiro atoms. The van der Waals surface area contributed by atoms with E-state index in [1.165, 1.54) is 13.2 Å². The van der Waals surface area contributed by atoms with Crippen LogP contribution in [0.25, 0.3) is 0 Å². The lowest BCUT2D eigenvalue weighted by Gasteiger charge is -2.09. The molecule has 1 aliphatic heterocycles. The molecule has 3 rings (SSSR count). The van der Waals surface area contributed by atoms with Crippen LogP contribution in [0.3, 0.4) is 0 Å². The van der Waals surface area contributed by atoms with Crippen LogP contribution in [0.5, 0.6) is 17.2 Å². The number of hydrogen-bond donors (Lipinski definition) is 1. The van der Waals surface area contributed by atoms with Gasteiger partial charge in [-0.25, -0.2) is 4.79 Å². The Morgan fingerprint density at radius 3 is 2.79 bits per heavy atom. The minimum absolute atomic E-state index is 0.176. The van der Waals surface area contributed by atoms with Crippen LogP contribution < -0.4 is 19.5 Å². The lowest BCUT2D eigenvalue weighted by Crippen LogP contribution is -2.20. The molecule has 2 aromatic rings. The fourth-order valence-electron chi connectivity index (χ4n) is 2.15. The van der Waals surface area contributed by atoms with Gasteiger partial charge in [-0.3, -0.25) is 4.79 Å². The second kappa shape index (κ2) is 6.91. The highest BCUT2D eigenvalue weighted by atomic mass is 16.7. The minimum Gasteiger partial charge on any atom is -0.484 e. The Morgan fingerprint density at radius 1 is 1.12 bits per heavy atom. The predicted molar refractivity (Wildman–Crippen MR) is 84.5 cm³/mol. The van der Waals surface area contributed by atoms with Crippen molar-refractivity contribution in [2.45, 2.75) is 0 Å². The van der Waals surface area contributed by atoms with E-state index in [1.54, 1.807) is 36.4 Å². The van der Waals surface area contributed by atoms with Crippen LogP contribution in [0.1, 0.15) is 10.4 Å². The van der Waals surface area contributed by atoms with E-state index < -0.39 is 5.97 Å². The number of esters is 1. The van der Waals surface area contributed by atoms with Gasteiger partial charge in [0.05, 0.1) is 12.7 Å². The van der Waals surface area contributed by atoms with E-state index in [0.717, 1.165) is 0 Å². The van der Waals surface area contributed by atoms with E-state index in [-0.39, 0.29) is 19.3 Å². The topological polar surface area (TPSA) is 83.1 Å². The molecule has 0 fully saturated rings. The van der Waals surface area contributed by atoms with Crippen molar-refractivity contribution in [2.75, 3.05) is 25.8 Å². The fraction of sp³-hybridized carbons (Fsp3) is 0.176. The monoisotopic (exact) mass is 329 g/mol. The molecule has 7 nitrogen and oxygen atoms in total. The molecule has 1 aliphatic rings. The van der Waals surface area contributed by atoms with Crippen LogP contribution in [0.2, 0.25) is 0 Å². The zero-order valence-electron chi connectivity index (χ0n) is 12.9. The van der Waals surface area contributed by atoms with Gasteiger partial charge in [0, 0.05) is 11.8 Å². The maximum absolute atomic E-state index is 12.0. The van der Waals surface area contributed by atoms with Gasteiger partial charge >= 0.3 is 5.97 Å². The number of hydrogen-bond acceptors (Lipinski definition) is 6. The average molecular weight is 329 g/mol. The molecule has 7 heteroatoms. The molecule has 0 radical (unpaired) electrons. The van der Waals surface area contributed by atoms with Gasteiger partial charge in [0.15, 0.2) is 18.1 Å². The van der Waals surface area contributed by atoms with Crippen molar-refractivity contribution in [2.24, 2.45) is 0 Å². The van der Waals surface area contributed by atoms with Crippen LogP contribution in [-0.2, 0) is 9.53 Å². The second-order valence-corrected chi connectivity index (χ2v) is 4.92. The summed E-state index contributed by atoms with van der Waals surface area (Å²) in [5, 5.41) is 2.66. The molecule has 1 N–H and O–H groups in total. The summed E-state index contributed by atoms with van der Waals surface area (Å²) in [5.41, 5.74) is 0.837. The van der Waals surface area contributed by atoms with Crippen molar-refractivity contribution < 1.29 is 28.5 Å². The van der Waals surface area contributed by atoms with Crippen LogP contribution in [0, 0.1) is 0 Å². The van der Waals surface area contributed by atoms with E-state index in [2.05, 4.69) is 10.1 Å². The summed E-state index contributed by atoms with van der Waals surface area (Å²) >= 11 is 0. The second-order valence-electron chi connectivity index (χ2n) is 4.92. The van der Waals surface area contributed by atoms with Crippen LogP contribution >= 0.6 is 0 Å². The van der Waals surface area contributed by atoms with E-state index >= 15 is 0 Å². The van der Waals surface area contributed by atoms with Crippen LogP contribution in [-0.4, -0.2) is 32.4 Å². The summed E-state index contributed by atoms with van der Waals surface area (Å²) in [6, 6.07) is 11.5. The maximum Gasteiger partial charge on any atom is 0.337 e. The van der Waals surface area contributed by atoms with Crippen LogP contribution in [0.4, 0.5) is 5.69 Å². The highest BCUT2D eigenvalue weighted by Gasteiger charge is 2.14. The SMILES string of the molecule is COC(=O)c1cccc(NC(=O)COc2ccc3c(c2)OCO3)c1. The Bertz CT molecular complexity index is 773. The quantitative estimate of drug-likeness (QED) is 0.847. The third-order valence-electron chi connectivity index (χ3n) is 3.28. The molecule has 0 unspecified atom stereocenters. The van der Waals surface area contributed by atoms with Crippen molar-refractivity contribution in [3.05, 3.63) is 48.0 Å². The van der Waals surface area contributed by atoms with E-state index in [9.17, 15) is 9.59 Å². The molecule has 0 saturated heterocycles. The van der Waals surface area contributed by atoms with E-state index in [0.29, 0.717) is 28.5 Å². The molecule has 0 bridgehead atoms. The van der Waals surface area contributed by atoms with Gasteiger partial charge in [-0.15, -0.1) is 0 Å². The number of anilines is 1. The van der Waals surface area contributed by atoms with Gasteiger partial charge in [-0.2, -0.15) is 0 Å². The summed E-state index contributed by atoms with van der Waals surface area (Å²) in [5.74, 6) is 0.903. The zero-order chi connectivity index (χ0) is 16.9. The molecule has 124 valence electrons. The Balaban J connectivity index is 1.57. The van der Waals surface area contributed by atoms with Crippen molar-refractivity contribution in [3.63, 3.8) is 0 Å². The Hall–Kier alpha value is -3.22. The van der Waals surface area contributed by atoms with Crippen molar-refractivity contribution in [3.8, 4) is 17.2 Å². The van der Waals surface area contributed by atoms with Crippen molar-refractivity contribution in [1.29, 1.82) is 0 Å². The molecular weight excluding hydrogens is 314 g/mol. The van der Waals surface area contributed by atoms with Gasteiger partial charge in [0.1, 0.15) is 5.75 Å². The molecule has 1 amide bonds. The van der Waals surface area contributed by atoms with E-state index in [1.807, 2.05) is 0 Å². The number of ether oxygens (including phenoxy) is 4. The van der Waals surface area contributed by atoms with Crippen LogP contribution in [0.15, 0.2) is 42.5 Å². The first-order valence-corrected chi connectivity index (χ1v) is 7.16. The number of fused-ring (bicyclic) bond motifs is 1. The molecule has 0 aliphatic carbocycles. The first kappa shape index (κ1) is 15.7. The van der Waals surface area contributed by atoms with Crippen molar-refractivity contribution >= 4 is 17.6 Å². The Kier molecular flexibility index (Phi) is 4.51. The van der Waals surface area contributed by atoms with Gasteiger partial charge in [0.2, 0.25) is 6.79 Å². The first-order chi connectivity index (χ1) is 11.7. The number of rotatable bonds is 5. The fourth-order valence-corrected chi connectivity index (χ4v) is 2.15. The molecular formula is C17H15NO6. The summed E-state index contributed by atoms with van der Waals surface area (Å²) in [6.07, 6.45) is 0. The lowest BCUT2D eigenvalue weighted by molar-refractivity contribution is -0.118. The molecule has 0 saturated carbocycles. The summed E-state index contributed by atoms with van der Waals surface area (Å²) in [6.45, 7) is -0.00208. The summed E-state index contributed by atoms with van der Waals surface area (Å²) in [4.78, 5) is 23.4. The van der Waals surface area contributed by atoms with Gasteiger partial charge < -0.3 is 24.3 Å². The molecule has 2 aromatic carbocycles. The number of benzene rings is 2. The minimum atomic E-state index is -0.470. The molecule has 24 heavy (non-hydrogen) atoms. The number of carbonyl (C=O) groups is 2. The van der Waals surface area contributed by atoms with Gasteiger partial charge in [-0.1, -0.05) is 6.07 Å².